The van der Waals surface area contributed by atoms with Gasteiger partial charge in [0.2, 0.25) is 0 Å². The Morgan fingerprint density at radius 1 is 1.26 bits per heavy atom. The number of anilines is 2. The van der Waals surface area contributed by atoms with Crippen LogP contribution < -0.4 is 10.6 Å². The zero-order chi connectivity index (χ0) is 13.2. The summed E-state index contributed by atoms with van der Waals surface area (Å²) < 4.78 is 0. The maximum atomic E-state index is 6.06. The van der Waals surface area contributed by atoms with E-state index in [2.05, 4.69) is 28.9 Å². The number of fused-ring (bicyclic) bond motifs is 1. The molecule has 19 heavy (non-hydrogen) atoms. The van der Waals surface area contributed by atoms with E-state index in [0.717, 1.165) is 23.1 Å². The van der Waals surface area contributed by atoms with E-state index < -0.39 is 0 Å². The van der Waals surface area contributed by atoms with Crippen molar-refractivity contribution in [3.05, 3.63) is 30.5 Å². The molecule has 1 aliphatic carbocycles. The molecule has 0 amide bonds. The standard InChI is InChI=1S/C16H21N3/c1-2-19(12-6-3-4-7-12)15-10-9-14(17)13-8-5-11-18-16(13)15/h5,8-12H,2-4,6-7,17H2,1H3. The van der Waals surface area contributed by atoms with E-state index in [1.165, 1.54) is 31.4 Å². The Morgan fingerprint density at radius 2 is 2.05 bits per heavy atom. The van der Waals surface area contributed by atoms with Crippen molar-refractivity contribution >= 4 is 22.3 Å². The van der Waals surface area contributed by atoms with Gasteiger partial charge in [0, 0.05) is 29.9 Å². The van der Waals surface area contributed by atoms with Crippen molar-refractivity contribution in [2.45, 2.75) is 38.6 Å². The highest BCUT2D eigenvalue weighted by atomic mass is 15.2. The average Bonchev–Trinajstić information content (AvgIpc) is 2.96. The first kappa shape index (κ1) is 12.3. The van der Waals surface area contributed by atoms with Gasteiger partial charge in [0.1, 0.15) is 0 Å². The minimum Gasteiger partial charge on any atom is -0.398 e. The van der Waals surface area contributed by atoms with Crippen LogP contribution in [0, 0.1) is 0 Å². The van der Waals surface area contributed by atoms with Gasteiger partial charge in [-0.2, -0.15) is 0 Å². The third-order valence-corrected chi connectivity index (χ3v) is 4.20. The number of nitrogen functional groups attached to an aromatic ring is 1. The molecule has 100 valence electrons. The topological polar surface area (TPSA) is 42.1 Å². The maximum absolute atomic E-state index is 6.06. The predicted molar refractivity (Wildman–Crippen MR) is 81.4 cm³/mol. The van der Waals surface area contributed by atoms with Crippen LogP contribution in [0.25, 0.3) is 10.9 Å². The molecule has 3 heteroatoms. The first-order valence-corrected chi connectivity index (χ1v) is 7.21. The first-order valence-electron chi connectivity index (χ1n) is 7.21. The van der Waals surface area contributed by atoms with E-state index in [1.807, 2.05) is 18.3 Å². The van der Waals surface area contributed by atoms with Crippen molar-refractivity contribution < 1.29 is 0 Å². The zero-order valence-corrected chi connectivity index (χ0v) is 11.5. The van der Waals surface area contributed by atoms with Crippen molar-refractivity contribution in [3.8, 4) is 0 Å². The van der Waals surface area contributed by atoms with Gasteiger partial charge in [-0.1, -0.05) is 12.8 Å². The molecule has 0 aliphatic heterocycles. The molecule has 2 N–H and O–H groups in total. The summed E-state index contributed by atoms with van der Waals surface area (Å²) in [6, 6.07) is 8.82. The normalized spacial score (nSPS) is 16.1. The second-order valence-corrected chi connectivity index (χ2v) is 5.30. The molecule has 0 atom stereocenters. The second-order valence-electron chi connectivity index (χ2n) is 5.30. The van der Waals surface area contributed by atoms with Gasteiger partial charge in [0.05, 0.1) is 11.2 Å². The van der Waals surface area contributed by atoms with Gasteiger partial charge >= 0.3 is 0 Å². The molecule has 3 nitrogen and oxygen atoms in total. The van der Waals surface area contributed by atoms with E-state index >= 15 is 0 Å². The van der Waals surface area contributed by atoms with Crippen molar-refractivity contribution in [3.63, 3.8) is 0 Å². The molecule has 1 saturated carbocycles. The smallest absolute Gasteiger partial charge is 0.0956 e. The van der Waals surface area contributed by atoms with Crippen LogP contribution in [0.5, 0.6) is 0 Å². The second kappa shape index (κ2) is 5.08. The number of nitrogens with zero attached hydrogens (tertiary/aromatic N) is 2. The largest absolute Gasteiger partial charge is 0.398 e. The molecule has 1 fully saturated rings. The molecule has 1 heterocycles. The summed E-state index contributed by atoms with van der Waals surface area (Å²) in [5, 5.41) is 1.07. The van der Waals surface area contributed by atoms with E-state index in [4.69, 9.17) is 5.73 Å². The molecular formula is C16H21N3. The maximum Gasteiger partial charge on any atom is 0.0956 e. The van der Waals surface area contributed by atoms with Crippen LogP contribution in [0.4, 0.5) is 11.4 Å². The van der Waals surface area contributed by atoms with Gasteiger partial charge in [0.15, 0.2) is 0 Å². The van der Waals surface area contributed by atoms with Crippen LogP contribution in [-0.2, 0) is 0 Å². The fraction of sp³-hybridized carbons (Fsp3) is 0.438. The van der Waals surface area contributed by atoms with Crippen molar-refractivity contribution in [2.24, 2.45) is 0 Å². The highest BCUT2D eigenvalue weighted by Gasteiger charge is 2.23. The van der Waals surface area contributed by atoms with Crippen molar-refractivity contribution in [1.29, 1.82) is 0 Å². The summed E-state index contributed by atoms with van der Waals surface area (Å²) in [6.07, 6.45) is 7.15. The Labute approximate surface area is 114 Å². The van der Waals surface area contributed by atoms with Gasteiger partial charge in [0.25, 0.3) is 0 Å². The van der Waals surface area contributed by atoms with Crippen LogP contribution in [0.2, 0.25) is 0 Å². The molecule has 2 aromatic rings. The predicted octanol–water partition coefficient (Wildman–Crippen LogP) is 3.59. The average molecular weight is 255 g/mol. The van der Waals surface area contributed by atoms with E-state index in [1.54, 1.807) is 0 Å². The molecule has 0 bridgehead atoms. The lowest BCUT2D eigenvalue weighted by Gasteiger charge is -2.30. The summed E-state index contributed by atoms with van der Waals surface area (Å²) in [5.41, 5.74) is 9.15. The van der Waals surface area contributed by atoms with Gasteiger partial charge < -0.3 is 10.6 Å². The molecule has 0 radical (unpaired) electrons. The molecule has 0 spiro atoms. The Kier molecular flexibility index (Phi) is 3.28. The monoisotopic (exact) mass is 255 g/mol. The Bertz CT molecular complexity index is 573. The lowest BCUT2D eigenvalue weighted by molar-refractivity contribution is 0.621. The minimum atomic E-state index is 0.666. The number of benzene rings is 1. The van der Waals surface area contributed by atoms with E-state index in [9.17, 15) is 0 Å². The molecule has 1 aromatic carbocycles. The number of rotatable bonds is 3. The summed E-state index contributed by atoms with van der Waals surface area (Å²) in [6.45, 7) is 3.25. The van der Waals surface area contributed by atoms with E-state index in [-0.39, 0.29) is 0 Å². The molecule has 0 saturated heterocycles. The Hall–Kier alpha value is -1.77. The third-order valence-electron chi connectivity index (χ3n) is 4.20. The Morgan fingerprint density at radius 3 is 2.79 bits per heavy atom. The van der Waals surface area contributed by atoms with Crippen LogP contribution in [0.15, 0.2) is 30.5 Å². The summed E-state index contributed by atoms with van der Waals surface area (Å²) in [4.78, 5) is 7.06. The van der Waals surface area contributed by atoms with Crippen molar-refractivity contribution in [2.75, 3.05) is 17.2 Å². The van der Waals surface area contributed by atoms with E-state index in [0.29, 0.717) is 6.04 Å². The SMILES string of the molecule is CCN(c1ccc(N)c2cccnc12)C1CCCC1. The van der Waals surface area contributed by atoms with Crippen molar-refractivity contribution in [1.82, 2.24) is 4.98 Å². The minimum absolute atomic E-state index is 0.666. The molecule has 3 rings (SSSR count). The van der Waals surface area contributed by atoms with Gasteiger partial charge in [-0.15, -0.1) is 0 Å². The number of nitrogens with two attached hydrogens (primary N) is 1. The number of hydrogen-bond donors (Lipinski definition) is 1. The van der Waals surface area contributed by atoms with Gasteiger partial charge in [-0.25, -0.2) is 0 Å². The molecule has 1 aliphatic rings. The highest BCUT2D eigenvalue weighted by Crippen LogP contribution is 2.34. The van der Waals surface area contributed by atoms with Gasteiger partial charge in [-0.3, -0.25) is 4.98 Å². The number of pyridine rings is 1. The number of aromatic nitrogens is 1. The molecule has 1 aromatic heterocycles. The summed E-state index contributed by atoms with van der Waals surface area (Å²) >= 11 is 0. The molecule has 0 unspecified atom stereocenters. The fourth-order valence-electron chi connectivity index (χ4n) is 3.25. The quantitative estimate of drug-likeness (QED) is 0.852. The first-order chi connectivity index (χ1) is 9.31. The summed E-state index contributed by atoms with van der Waals surface area (Å²) in [5.74, 6) is 0. The van der Waals surface area contributed by atoms with Crippen LogP contribution in [-0.4, -0.2) is 17.6 Å². The fourth-order valence-corrected chi connectivity index (χ4v) is 3.25. The lowest BCUT2D eigenvalue weighted by atomic mass is 10.1. The van der Waals surface area contributed by atoms with Crippen LogP contribution in [0.1, 0.15) is 32.6 Å². The Balaban J connectivity index is 2.10. The zero-order valence-electron chi connectivity index (χ0n) is 11.5. The summed E-state index contributed by atoms with van der Waals surface area (Å²) in [7, 11) is 0. The highest BCUT2D eigenvalue weighted by molar-refractivity contribution is 5.98. The third kappa shape index (κ3) is 2.14. The van der Waals surface area contributed by atoms with Crippen LogP contribution >= 0.6 is 0 Å². The van der Waals surface area contributed by atoms with Crippen LogP contribution in [0.3, 0.4) is 0 Å². The number of hydrogen-bond acceptors (Lipinski definition) is 3. The lowest BCUT2D eigenvalue weighted by Crippen LogP contribution is -2.33. The molecular weight excluding hydrogens is 234 g/mol. The van der Waals surface area contributed by atoms with Gasteiger partial charge in [-0.05, 0) is 44.0 Å².